The molecule has 2 heterocycles. The van der Waals surface area contributed by atoms with Gasteiger partial charge in [0.15, 0.2) is 6.29 Å². The lowest BCUT2D eigenvalue weighted by molar-refractivity contribution is -0.333. The average Bonchev–Trinajstić information content (AvgIpc) is 2.71. The molecule has 0 aromatic heterocycles. The van der Waals surface area contributed by atoms with E-state index in [-0.39, 0.29) is 12.5 Å². The standard InChI is InChI=1S/C22H25NO6/c1-13-7-6-10-16(11-13)27-22-18(23-14(2)24)19(25)20-17(28-22)12-26-21(29-20)15-8-4-3-5-9-15/h3-11,17-22,25H,12H2,1-2H3,(H,23,24)/t17-,18+,19-,20-,21-,22-/m0/s1. The van der Waals surface area contributed by atoms with Crippen LogP contribution in [0.15, 0.2) is 54.6 Å². The molecule has 2 aromatic carbocycles. The average molecular weight is 399 g/mol. The molecule has 2 aliphatic heterocycles. The third-order valence-electron chi connectivity index (χ3n) is 5.05. The summed E-state index contributed by atoms with van der Waals surface area (Å²) in [7, 11) is 0. The highest BCUT2D eigenvalue weighted by atomic mass is 16.7. The van der Waals surface area contributed by atoms with E-state index < -0.39 is 36.9 Å². The molecule has 0 unspecified atom stereocenters. The lowest BCUT2D eigenvalue weighted by atomic mass is 9.95. The van der Waals surface area contributed by atoms with Crippen molar-refractivity contribution in [3.8, 4) is 5.75 Å². The van der Waals surface area contributed by atoms with Gasteiger partial charge in [0.05, 0.1) is 6.61 Å². The molecule has 2 N–H and O–H groups in total. The molecule has 0 bridgehead atoms. The highest BCUT2D eigenvalue weighted by Gasteiger charge is 2.50. The fraction of sp³-hybridized carbons (Fsp3) is 0.409. The first-order valence-corrected chi connectivity index (χ1v) is 9.67. The number of ether oxygens (including phenoxy) is 4. The Bertz CT molecular complexity index is 844. The molecule has 29 heavy (non-hydrogen) atoms. The highest BCUT2D eigenvalue weighted by molar-refractivity contribution is 5.73. The minimum Gasteiger partial charge on any atom is -0.463 e. The van der Waals surface area contributed by atoms with Crippen molar-refractivity contribution in [2.24, 2.45) is 0 Å². The van der Waals surface area contributed by atoms with E-state index in [2.05, 4.69) is 5.32 Å². The number of nitrogens with one attached hydrogen (secondary N) is 1. The first-order chi connectivity index (χ1) is 14.0. The number of fused-ring (bicyclic) bond motifs is 1. The summed E-state index contributed by atoms with van der Waals surface area (Å²) >= 11 is 0. The predicted molar refractivity (Wildman–Crippen MR) is 104 cm³/mol. The number of benzene rings is 2. The van der Waals surface area contributed by atoms with E-state index in [0.29, 0.717) is 5.75 Å². The van der Waals surface area contributed by atoms with Crippen LogP contribution in [0.1, 0.15) is 24.3 Å². The fourth-order valence-corrected chi connectivity index (χ4v) is 3.68. The monoisotopic (exact) mass is 399 g/mol. The molecule has 7 heteroatoms. The molecule has 4 rings (SSSR count). The number of aliphatic hydroxyl groups is 1. The maximum atomic E-state index is 11.8. The van der Waals surface area contributed by atoms with Crippen LogP contribution in [-0.2, 0) is 19.0 Å². The Morgan fingerprint density at radius 2 is 1.93 bits per heavy atom. The summed E-state index contributed by atoms with van der Waals surface area (Å²) in [5.74, 6) is 0.302. The molecule has 6 atom stereocenters. The third-order valence-corrected chi connectivity index (χ3v) is 5.05. The van der Waals surface area contributed by atoms with Crippen molar-refractivity contribution in [2.45, 2.75) is 50.8 Å². The van der Waals surface area contributed by atoms with Gasteiger partial charge in [-0.2, -0.15) is 0 Å². The Balaban J connectivity index is 1.54. The maximum Gasteiger partial charge on any atom is 0.223 e. The molecule has 2 aromatic rings. The minimum absolute atomic E-state index is 0.238. The smallest absolute Gasteiger partial charge is 0.223 e. The van der Waals surface area contributed by atoms with Gasteiger partial charge in [0, 0.05) is 12.5 Å². The van der Waals surface area contributed by atoms with Crippen molar-refractivity contribution in [2.75, 3.05) is 6.61 Å². The van der Waals surface area contributed by atoms with Crippen LogP contribution >= 0.6 is 0 Å². The van der Waals surface area contributed by atoms with Crippen LogP contribution in [0.4, 0.5) is 0 Å². The normalized spacial score (nSPS) is 31.6. The van der Waals surface area contributed by atoms with Crippen LogP contribution in [-0.4, -0.2) is 48.3 Å². The van der Waals surface area contributed by atoms with E-state index >= 15 is 0 Å². The number of hydrogen-bond donors (Lipinski definition) is 2. The van der Waals surface area contributed by atoms with Crippen molar-refractivity contribution in [1.82, 2.24) is 5.32 Å². The van der Waals surface area contributed by atoms with Gasteiger partial charge in [0.1, 0.15) is 30.1 Å². The van der Waals surface area contributed by atoms with Gasteiger partial charge in [0.2, 0.25) is 12.2 Å². The highest BCUT2D eigenvalue weighted by Crippen LogP contribution is 2.34. The molecule has 2 fully saturated rings. The van der Waals surface area contributed by atoms with Crippen molar-refractivity contribution in [3.63, 3.8) is 0 Å². The van der Waals surface area contributed by atoms with E-state index in [1.165, 1.54) is 6.92 Å². The van der Waals surface area contributed by atoms with Crippen LogP contribution in [0.2, 0.25) is 0 Å². The van der Waals surface area contributed by atoms with E-state index in [1.54, 1.807) is 6.07 Å². The Kier molecular flexibility index (Phi) is 5.82. The summed E-state index contributed by atoms with van der Waals surface area (Å²) in [6.45, 7) is 3.58. The van der Waals surface area contributed by atoms with Crippen LogP contribution in [0, 0.1) is 6.92 Å². The Morgan fingerprint density at radius 1 is 1.14 bits per heavy atom. The Morgan fingerprint density at radius 3 is 2.66 bits per heavy atom. The van der Waals surface area contributed by atoms with Gasteiger partial charge in [-0.25, -0.2) is 0 Å². The zero-order valence-corrected chi connectivity index (χ0v) is 16.4. The predicted octanol–water partition coefficient (Wildman–Crippen LogP) is 2.08. The van der Waals surface area contributed by atoms with Crippen molar-refractivity contribution >= 4 is 5.91 Å². The molecular formula is C22H25NO6. The minimum atomic E-state index is -1.03. The second kappa shape index (κ2) is 8.51. The van der Waals surface area contributed by atoms with Gasteiger partial charge in [-0.15, -0.1) is 0 Å². The van der Waals surface area contributed by atoms with E-state index in [9.17, 15) is 9.90 Å². The second-order valence-corrected chi connectivity index (χ2v) is 7.37. The SMILES string of the molecule is CC(=O)N[C@H]1[C@@H](Oc2cccc(C)c2)O[C@H]2CO[C@H](c3ccccc3)O[C@@H]2[C@H]1O. The van der Waals surface area contributed by atoms with E-state index in [4.69, 9.17) is 18.9 Å². The number of hydrogen-bond acceptors (Lipinski definition) is 6. The molecule has 154 valence electrons. The zero-order chi connectivity index (χ0) is 20.4. The molecular weight excluding hydrogens is 374 g/mol. The summed E-state index contributed by atoms with van der Waals surface area (Å²) in [6.07, 6.45) is -3.70. The number of aliphatic hydroxyl groups excluding tert-OH is 1. The van der Waals surface area contributed by atoms with Crippen LogP contribution < -0.4 is 10.1 Å². The number of carbonyl (C=O) groups excluding carboxylic acids is 1. The Hall–Kier alpha value is -2.45. The summed E-state index contributed by atoms with van der Waals surface area (Å²) in [4.78, 5) is 11.8. The number of carbonyl (C=O) groups is 1. The van der Waals surface area contributed by atoms with E-state index in [1.807, 2.05) is 55.5 Å². The van der Waals surface area contributed by atoms with Gasteiger partial charge in [-0.1, -0.05) is 42.5 Å². The summed E-state index contributed by atoms with van der Waals surface area (Å²) in [6, 6.07) is 16.2. The Labute approximate surface area is 169 Å². The van der Waals surface area contributed by atoms with Gasteiger partial charge in [-0.05, 0) is 24.6 Å². The van der Waals surface area contributed by atoms with Crippen LogP contribution in [0.25, 0.3) is 0 Å². The quantitative estimate of drug-likeness (QED) is 0.819. The molecule has 0 radical (unpaired) electrons. The summed E-state index contributed by atoms with van der Waals surface area (Å²) in [5, 5.41) is 13.8. The summed E-state index contributed by atoms with van der Waals surface area (Å²) < 4.78 is 23.9. The summed E-state index contributed by atoms with van der Waals surface area (Å²) in [5.41, 5.74) is 1.88. The first kappa shape index (κ1) is 19.8. The van der Waals surface area contributed by atoms with Crippen LogP contribution in [0.3, 0.4) is 0 Å². The molecule has 2 saturated heterocycles. The second-order valence-electron chi connectivity index (χ2n) is 7.37. The van der Waals surface area contributed by atoms with Gasteiger partial charge < -0.3 is 29.4 Å². The molecule has 0 spiro atoms. The van der Waals surface area contributed by atoms with Gasteiger partial charge >= 0.3 is 0 Å². The molecule has 7 nitrogen and oxygen atoms in total. The number of aryl methyl sites for hydroxylation is 1. The van der Waals surface area contributed by atoms with Gasteiger partial charge in [0.25, 0.3) is 0 Å². The topological polar surface area (TPSA) is 86.3 Å². The van der Waals surface area contributed by atoms with Gasteiger partial charge in [-0.3, -0.25) is 4.79 Å². The van der Waals surface area contributed by atoms with Crippen molar-refractivity contribution < 1.29 is 28.8 Å². The van der Waals surface area contributed by atoms with Crippen molar-refractivity contribution in [3.05, 3.63) is 65.7 Å². The van der Waals surface area contributed by atoms with E-state index in [0.717, 1.165) is 11.1 Å². The number of rotatable bonds is 4. The fourth-order valence-electron chi connectivity index (χ4n) is 3.68. The molecule has 0 aliphatic carbocycles. The zero-order valence-electron chi connectivity index (χ0n) is 16.4. The lowest BCUT2D eigenvalue weighted by Gasteiger charge is -2.47. The molecule has 1 amide bonds. The molecule has 0 saturated carbocycles. The maximum absolute atomic E-state index is 11.8. The number of amides is 1. The first-order valence-electron chi connectivity index (χ1n) is 9.67. The van der Waals surface area contributed by atoms with Crippen molar-refractivity contribution in [1.29, 1.82) is 0 Å². The van der Waals surface area contributed by atoms with Crippen LogP contribution in [0.5, 0.6) is 5.75 Å². The molecule has 2 aliphatic rings. The third kappa shape index (κ3) is 4.43. The largest absolute Gasteiger partial charge is 0.463 e. The lowest BCUT2D eigenvalue weighted by Crippen LogP contribution is -2.67.